The van der Waals surface area contributed by atoms with Gasteiger partial charge in [-0.25, -0.2) is 9.97 Å². The zero-order valence-electron chi connectivity index (χ0n) is 14.8. The summed E-state index contributed by atoms with van der Waals surface area (Å²) in [7, 11) is 0. The number of nitrogens with zero attached hydrogens (tertiary/aromatic N) is 5. The van der Waals surface area contributed by atoms with Gasteiger partial charge in [0.15, 0.2) is 0 Å². The van der Waals surface area contributed by atoms with Gasteiger partial charge in [-0.15, -0.1) is 0 Å². The van der Waals surface area contributed by atoms with Crippen LogP contribution in [0.4, 0.5) is 0 Å². The minimum Gasteiger partial charge on any atom is -0.353 e. The van der Waals surface area contributed by atoms with Gasteiger partial charge >= 0.3 is 0 Å². The summed E-state index contributed by atoms with van der Waals surface area (Å²) in [5, 5.41) is 7.01. The topological polar surface area (TPSA) is 97.0 Å². The molecule has 0 bridgehead atoms. The highest BCUT2D eigenvalue weighted by Gasteiger charge is 2.27. The second-order valence-corrected chi connectivity index (χ2v) is 7.17. The molecule has 1 saturated carbocycles. The molecule has 2 aliphatic rings. The van der Waals surface area contributed by atoms with Gasteiger partial charge in [-0.05, 0) is 37.7 Å². The third-order valence-corrected chi connectivity index (χ3v) is 4.97. The number of rotatable bonds is 7. The summed E-state index contributed by atoms with van der Waals surface area (Å²) >= 11 is 0. The lowest BCUT2D eigenvalue weighted by Gasteiger charge is -2.32. The van der Waals surface area contributed by atoms with Gasteiger partial charge in [0.1, 0.15) is 0 Å². The molecule has 8 heteroatoms. The van der Waals surface area contributed by atoms with Crippen LogP contribution in [0.15, 0.2) is 23.0 Å². The van der Waals surface area contributed by atoms with Gasteiger partial charge in [0.2, 0.25) is 23.4 Å². The maximum atomic E-state index is 12.2. The normalized spacial score (nSPS) is 18.8. The molecule has 1 aliphatic carbocycles. The molecule has 2 aromatic heterocycles. The Morgan fingerprint density at radius 1 is 1.15 bits per heavy atom. The van der Waals surface area contributed by atoms with Crippen LogP contribution >= 0.6 is 0 Å². The van der Waals surface area contributed by atoms with Crippen LogP contribution < -0.4 is 5.32 Å². The van der Waals surface area contributed by atoms with E-state index in [1.165, 1.54) is 19.4 Å². The van der Waals surface area contributed by atoms with Crippen molar-refractivity contribution in [1.29, 1.82) is 0 Å². The average molecular weight is 356 g/mol. The largest absolute Gasteiger partial charge is 0.353 e. The van der Waals surface area contributed by atoms with Crippen LogP contribution in [0.3, 0.4) is 0 Å². The standard InChI is InChI=1S/C18H24N6O2/c25-15(21-14-6-10-24(11-7-14)12-13-2-3-13)4-5-16-22-18(23-26-16)17-19-8-1-9-20-17/h1,8-9,13-14H,2-7,10-12H2,(H,21,25). The molecule has 8 nitrogen and oxygen atoms in total. The molecule has 1 N–H and O–H groups in total. The Labute approximate surface area is 152 Å². The van der Waals surface area contributed by atoms with E-state index in [0.717, 1.165) is 31.8 Å². The highest BCUT2D eigenvalue weighted by molar-refractivity contribution is 5.76. The fourth-order valence-corrected chi connectivity index (χ4v) is 3.31. The average Bonchev–Trinajstić information content (AvgIpc) is 3.36. The highest BCUT2D eigenvalue weighted by Crippen LogP contribution is 2.30. The van der Waals surface area contributed by atoms with Gasteiger partial charge in [-0.2, -0.15) is 4.98 Å². The predicted octanol–water partition coefficient (Wildman–Crippen LogP) is 1.45. The number of aryl methyl sites for hydroxylation is 1. The van der Waals surface area contributed by atoms with Crippen molar-refractivity contribution in [1.82, 2.24) is 30.3 Å². The van der Waals surface area contributed by atoms with Gasteiger partial charge in [-0.3, -0.25) is 4.79 Å². The van der Waals surface area contributed by atoms with E-state index in [1.807, 2.05) is 0 Å². The lowest BCUT2D eigenvalue weighted by Crippen LogP contribution is -2.45. The zero-order valence-corrected chi connectivity index (χ0v) is 14.8. The number of amides is 1. The van der Waals surface area contributed by atoms with Crippen molar-refractivity contribution in [2.45, 2.75) is 44.6 Å². The van der Waals surface area contributed by atoms with Gasteiger partial charge < -0.3 is 14.7 Å². The van der Waals surface area contributed by atoms with Crippen LogP contribution in [0.2, 0.25) is 0 Å². The van der Waals surface area contributed by atoms with Crippen molar-refractivity contribution >= 4 is 5.91 Å². The van der Waals surface area contributed by atoms with E-state index in [1.54, 1.807) is 18.5 Å². The quantitative estimate of drug-likeness (QED) is 0.802. The molecule has 1 aliphatic heterocycles. The fraction of sp³-hybridized carbons (Fsp3) is 0.611. The number of piperidine rings is 1. The van der Waals surface area contributed by atoms with Crippen LogP contribution in [0.5, 0.6) is 0 Å². The highest BCUT2D eigenvalue weighted by atomic mass is 16.5. The molecule has 0 atom stereocenters. The molecule has 1 saturated heterocycles. The molecule has 0 aromatic carbocycles. The molecule has 0 radical (unpaired) electrons. The number of carbonyl (C=O) groups is 1. The van der Waals surface area contributed by atoms with Crippen LogP contribution in [-0.2, 0) is 11.2 Å². The molecule has 2 fully saturated rings. The number of hydrogen-bond donors (Lipinski definition) is 1. The third kappa shape index (κ3) is 4.63. The number of hydrogen-bond acceptors (Lipinski definition) is 7. The van der Waals surface area contributed by atoms with Crippen LogP contribution in [0, 0.1) is 5.92 Å². The van der Waals surface area contributed by atoms with Crippen molar-refractivity contribution < 1.29 is 9.32 Å². The number of nitrogens with one attached hydrogen (secondary N) is 1. The van der Waals surface area contributed by atoms with E-state index in [-0.39, 0.29) is 11.9 Å². The SMILES string of the molecule is O=C(CCc1nc(-c2ncccn2)no1)NC1CCN(CC2CC2)CC1. The van der Waals surface area contributed by atoms with E-state index in [2.05, 4.69) is 30.3 Å². The molecule has 0 spiro atoms. The van der Waals surface area contributed by atoms with Gasteiger partial charge in [0.25, 0.3) is 0 Å². The Kier molecular flexibility index (Phi) is 5.19. The Morgan fingerprint density at radius 2 is 1.92 bits per heavy atom. The van der Waals surface area contributed by atoms with E-state index in [0.29, 0.717) is 30.4 Å². The second kappa shape index (κ2) is 7.90. The minimum atomic E-state index is 0.0429. The molecular formula is C18H24N6O2. The maximum Gasteiger partial charge on any atom is 0.240 e. The fourth-order valence-electron chi connectivity index (χ4n) is 3.31. The van der Waals surface area contributed by atoms with E-state index in [4.69, 9.17) is 4.52 Å². The summed E-state index contributed by atoms with van der Waals surface area (Å²) < 4.78 is 5.19. The van der Waals surface area contributed by atoms with E-state index in [9.17, 15) is 4.79 Å². The molecule has 4 rings (SSSR count). The first kappa shape index (κ1) is 17.1. The first-order chi connectivity index (χ1) is 12.8. The Morgan fingerprint density at radius 3 is 2.65 bits per heavy atom. The lowest BCUT2D eigenvalue weighted by molar-refractivity contribution is -0.122. The molecule has 26 heavy (non-hydrogen) atoms. The second-order valence-electron chi connectivity index (χ2n) is 7.17. The third-order valence-electron chi connectivity index (χ3n) is 4.97. The summed E-state index contributed by atoms with van der Waals surface area (Å²) in [6, 6.07) is 2.01. The van der Waals surface area contributed by atoms with Gasteiger partial charge in [-0.1, -0.05) is 5.16 Å². The summed E-state index contributed by atoms with van der Waals surface area (Å²) in [4.78, 5) is 27.1. The summed E-state index contributed by atoms with van der Waals surface area (Å²) in [5.74, 6) is 2.18. The summed E-state index contributed by atoms with van der Waals surface area (Å²) in [6.45, 7) is 3.42. The van der Waals surface area contributed by atoms with Crippen LogP contribution in [-0.4, -0.2) is 56.6 Å². The van der Waals surface area contributed by atoms with Crippen molar-refractivity contribution in [3.05, 3.63) is 24.4 Å². The molecular weight excluding hydrogens is 332 g/mol. The van der Waals surface area contributed by atoms with Gasteiger partial charge in [0.05, 0.1) is 0 Å². The lowest BCUT2D eigenvalue weighted by atomic mass is 10.0. The monoisotopic (exact) mass is 356 g/mol. The van der Waals surface area contributed by atoms with Crippen molar-refractivity contribution in [3.8, 4) is 11.6 Å². The maximum absolute atomic E-state index is 12.2. The number of likely N-dealkylation sites (tertiary alicyclic amines) is 1. The molecule has 3 heterocycles. The molecule has 138 valence electrons. The Bertz CT molecular complexity index is 722. The Balaban J connectivity index is 1.19. The summed E-state index contributed by atoms with van der Waals surface area (Å²) in [5.41, 5.74) is 0. The molecule has 2 aromatic rings. The first-order valence-electron chi connectivity index (χ1n) is 9.38. The molecule has 1 amide bonds. The van der Waals surface area contributed by atoms with Crippen LogP contribution in [0.25, 0.3) is 11.6 Å². The van der Waals surface area contributed by atoms with Crippen molar-refractivity contribution in [2.24, 2.45) is 5.92 Å². The zero-order chi connectivity index (χ0) is 17.8. The Hall–Kier alpha value is -2.35. The smallest absolute Gasteiger partial charge is 0.240 e. The minimum absolute atomic E-state index is 0.0429. The van der Waals surface area contributed by atoms with E-state index < -0.39 is 0 Å². The number of carbonyl (C=O) groups excluding carboxylic acids is 1. The first-order valence-corrected chi connectivity index (χ1v) is 9.38. The van der Waals surface area contributed by atoms with Gasteiger partial charge in [0, 0.05) is 50.9 Å². The summed E-state index contributed by atoms with van der Waals surface area (Å²) in [6.07, 6.45) is 8.88. The van der Waals surface area contributed by atoms with E-state index >= 15 is 0 Å². The molecule has 0 unspecified atom stereocenters. The van der Waals surface area contributed by atoms with Crippen LogP contribution in [0.1, 0.15) is 38.0 Å². The number of aromatic nitrogens is 4. The predicted molar refractivity (Wildman–Crippen MR) is 94.0 cm³/mol. The van der Waals surface area contributed by atoms with Crippen molar-refractivity contribution in [3.63, 3.8) is 0 Å². The van der Waals surface area contributed by atoms with Crippen molar-refractivity contribution in [2.75, 3.05) is 19.6 Å².